The molecule has 0 amide bonds. The summed E-state index contributed by atoms with van der Waals surface area (Å²) in [5.74, 6) is 0. The van der Waals surface area contributed by atoms with Crippen molar-refractivity contribution in [1.82, 2.24) is 4.57 Å². The first-order chi connectivity index (χ1) is 10.3. The number of fused-ring (bicyclic) bond motifs is 3. The van der Waals surface area contributed by atoms with Gasteiger partial charge in [0.1, 0.15) is 0 Å². The fraction of sp³-hybridized carbons (Fsp3) is 0.100. The molecule has 0 spiro atoms. The van der Waals surface area contributed by atoms with Gasteiger partial charge in [0.25, 0.3) is 0 Å². The summed E-state index contributed by atoms with van der Waals surface area (Å²) in [6.07, 6.45) is 0. The molecule has 0 atom stereocenters. The second-order valence-electron chi connectivity index (χ2n) is 5.63. The lowest BCUT2D eigenvalue weighted by molar-refractivity contribution is 1.01. The highest BCUT2D eigenvalue weighted by molar-refractivity contribution is 6.10. The van der Waals surface area contributed by atoms with E-state index in [4.69, 9.17) is 0 Å². The third-order valence-electron chi connectivity index (χ3n) is 4.35. The van der Waals surface area contributed by atoms with Crippen LogP contribution in [-0.4, -0.2) is 4.57 Å². The Hall–Kier alpha value is -2.54. The highest BCUT2D eigenvalue weighted by Gasteiger charge is 2.10. The van der Waals surface area contributed by atoms with Gasteiger partial charge in [-0.25, -0.2) is 0 Å². The van der Waals surface area contributed by atoms with Gasteiger partial charge in [0.05, 0.1) is 0 Å². The molecule has 4 rings (SSSR count). The molecule has 1 heterocycles. The lowest BCUT2D eigenvalue weighted by Crippen LogP contribution is -1.86. The molecule has 1 nitrogen and oxygen atoms in total. The monoisotopic (exact) mass is 271 g/mol. The predicted molar refractivity (Wildman–Crippen MR) is 90.6 cm³/mol. The third-order valence-corrected chi connectivity index (χ3v) is 4.35. The quantitative estimate of drug-likeness (QED) is 0.442. The van der Waals surface area contributed by atoms with E-state index in [1.54, 1.807) is 0 Å². The van der Waals surface area contributed by atoms with E-state index in [2.05, 4.69) is 85.3 Å². The standard InChI is InChI=1S/C20H17N/c1-14-7-6-10-19-20(14)17-13-16(11-12-18(17)21(19)2)15-8-4-3-5-9-15/h3-13H,1-2H3. The summed E-state index contributed by atoms with van der Waals surface area (Å²) in [7, 11) is 2.15. The van der Waals surface area contributed by atoms with E-state index in [0.29, 0.717) is 0 Å². The molecule has 0 aliphatic rings. The molecule has 0 radical (unpaired) electrons. The second-order valence-corrected chi connectivity index (χ2v) is 5.63. The highest BCUT2D eigenvalue weighted by atomic mass is 14.9. The second kappa shape index (κ2) is 4.49. The van der Waals surface area contributed by atoms with Gasteiger partial charge in [0.15, 0.2) is 0 Å². The number of aryl methyl sites for hydroxylation is 2. The van der Waals surface area contributed by atoms with Crippen molar-refractivity contribution in [3.8, 4) is 11.1 Å². The van der Waals surface area contributed by atoms with E-state index in [1.165, 1.54) is 38.5 Å². The summed E-state index contributed by atoms with van der Waals surface area (Å²) in [4.78, 5) is 0. The van der Waals surface area contributed by atoms with Crippen molar-refractivity contribution in [3.63, 3.8) is 0 Å². The Labute approximate surface area is 124 Å². The molecule has 4 aromatic rings. The first kappa shape index (κ1) is 12.2. The summed E-state index contributed by atoms with van der Waals surface area (Å²) in [5.41, 5.74) is 6.47. The molecule has 21 heavy (non-hydrogen) atoms. The Morgan fingerprint density at radius 1 is 0.714 bits per heavy atom. The molecule has 1 aromatic heterocycles. The van der Waals surface area contributed by atoms with Gasteiger partial charge in [-0.3, -0.25) is 0 Å². The first-order valence-corrected chi connectivity index (χ1v) is 7.29. The summed E-state index contributed by atoms with van der Waals surface area (Å²) >= 11 is 0. The van der Waals surface area contributed by atoms with E-state index in [1.807, 2.05) is 0 Å². The van der Waals surface area contributed by atoms with Crippen LogP contribution in [0, 0.1) is 6.92 Å². The maximum atomic E-state index is 2.32. The van der Waals surface area contributed by atoms with Crippen molar-refractivity contribution in [3.05, 3.63) is 72.3 Å². The number of benzene rings is 3. The predicted octanol–water partition coefficient (Wildman–Crippen LogP) is 5.31. The summed E-state index contributed by atoms with van der Waals surface area (Å²) in [6, 6.07) is 23.9. The third kappa shape index (κ3) is 1.78. The minimum absolute atomic E-state index is 1.27. The first-order valence-electron chi connectivity index (χ1n) is 7.29. The van der Waals surface area contributed by atoms with Gasteiger partial charge in [-0.05, 0) is 41.8 Å². The smallest absolute Gasteiger partial charge is 0.0491 e. The van der Waals surface area contributed by atoms with Crippen LogP contribution in [0.2, 0.25) is 0 Å². The van der Waals surface area contributed by atoms with Crippen LogP contribution in [-0.2, 0) is 7.05 Å². The van der Waals surface area contributed by atoms with Crippen molar-refractivity contribution in [2.45, 2.75) is 6.92 Å². The molecule has 0 aliphatic heterocycles. The van der Waals surface area contributed by atoms with Gasteiger partial charge in [0.2, 0.25) is 0 Å². The molecule has 0 aliphatic carbocycles. The van der Waals surface area contributed by atoms with Crippen LogP contribution in [0.1, 0.15) is 5.56 Å². The maximum absolute atomic E-state index is 2.32. The fourth-order valence-electron chi connectivity index (χ4n) is 3.25. The Morgan fingerprint density at radius 2 is 1.52 bits per heavy atom. The van der Waals surface area contributed by atoms with Crippen LogP contribution >= 0.6 is 0 Å². The topological polar surface area (TPSA) is 4.93 Å². The van der Waals surface area contributed by atoms with Crippen LogP contribution < -0.4 is 0 Å². The summed E-state index contributed by atoms with van der Waals surface area (Å²) < 4.78 is 2.28. The van der Waals surface area contributed by atoms with E-state index in [-0.39, 0.29) is 0 Å². The van der Waals surface area contributed by atoms with Gasteiger partial charge in [-0.1, -0.05) is 48.5 Å². The van der Waals surface area contributed by atoms with Crippen molar-refractivity contribution >= 4 is 21.8 Å². The number of aromatic nitrogens is 1. The van der Waals surface area contributed by atoms with E-state index < -0.39 is 0 Å². The van der Waals surface area contributed by atoms with Gasteiger partial charge in [-0.2, -0.15) is 0 Å². The summed E-state index contributed by atoms with van der Waals surface area (Å²) in [5, 5.41) is 2.71. The number of hydrogen-bond acceptors (Lipinski definition) is 0. The molecule has 0 saturated heterocycles. The summed E-state index contributed by atoms with van der Waals surface area (Å²) in [6.45, 7) is 2.19. The van der Waals surface area contributed by atoms with Gasteiger partial charge >= 0.3 is 0 Å². The number of nitrogens with zero attached hydrogens (tertiary/aromatic N) is 1. The van der Waals surface area contributed by atoms with Crippen LogP contribution in [0.25, 0.3) is 32.9 Å². The van der Waals surface area contributed by atoms with Crippen LogP contribution in [0.4, 0.5) is 0 Å². The van der Waals surface area contributed by atoms with Gasteiger partial charge in [-0.15, -0.1) is 0 Å². The van der Waals surface area contributed by atoms with E-state index in [0.717, 1.165) is 0 Å². The zero-order valence-electron chi connectivity index (χ0n) is 12.3. The highest BCUT2D eigenvalue weighted by Crippen LogP contribution is 2.33. The molecule has 102 valence electrons. The van der Waals surface area contributed by atoms with Crippen LogP contribution in [0.5, 0.6) is 0 Å². The Kier molecular flexibility index (Phi) is 2.61. The van der Waals surface area contributed by atoms with E-state index >= 15 is 0 Å². The Balaban J connectivity index is 2.10. The number of rotatable bonds is 1. The van der Waals surface area contributed by atoms with Crippen LogP contribution in [0.15, 0.2) is 66.7 Å². The molecule has 0 N–H and O–H groups in total. The molecule has 0 bridgehead atoms. The van der Waals surface area contributed by atoms with E-state index in [9.17, 15) is 0 Å². The molecule has 0 fully saturated rings. The Bertz CT molecular complexity index is 946. The zero-order valence-corrected chi connectivity index (χ0v) is 12.3. The average Bonchev–Trinajstić information content (AvgIpc) is 2.82. The zero-order chi connectivity index (χ0) is 14.4. The molecular weight excluding hydrogens is 254 g/mol. The van der Waals surface area contributed by atoms with Crippen LogP contribution in [0.3, 0.4) is 0 Å². The van der Waals surface area contributed by atoms with Crippen molar-refractivity contribution in [2.24, 2.45) is 7.05 Å². The largest absolute Gasteiger partial charge is 0.344 e. The van der Waals surface area contributed by atoms with Crippen molar-refractivity contribution < 1.29 is 0 Å². The van der Waals surface area contributed by atoms with Crippen molar-refractivity contribution in [1.29, 1.82) is 0 Å². The number of hydrogen-bond donors (Lipinski definition) is 0. The molecule has 0 saturated carbocycles. The fourth-order valence-corrected chi connectivity index (χ4v) is 3.25. The lowest BCUT2D eigenvalue weighted by Gasteiger charge is -2.03. The lowest BCUT2D eigenvalue weighted by atomic mass is 10.0. The molecule has 1 heteroatoms. The van der Waals surface area contributed by atoms with Crippen molar-refractivity contribution in [2.75, 3.05) is 0 Å². The minimum atomic E-state index is 1.27. The average molecular weight is 271 g/mol. The Morgan fingerprint density at radius 3 is 2.33 bits per heavy atom. The molecular formula is C20H17N. The minimum Gasteiger partial charge on any atom is -0.344 e. The molecule has 0 unspecified atom stereocenters. The SMILES string of the molecule is Cc1cccc2c1c1cc(-c3ccccc3)ccc1n2C. The maximum Gasteiger partial charge on any atom is 0.0491 e. The normalized spacial score (nSPS) is 11.3. The molecule has 3 aromatic carbocycles. The van der Waals surface area contributed by atoms with Gasteiger partial charge in [0, 0.05) is 28.9 Å². The van der Waals surface area contributed by atoms with Gasteiger partial charge < -0.3 is 4.57 Å².